The fraction of sp³-hybridized carbons (Fsp3) is 0.867. The van der Waals surface area contributed by atoms with Crippen LogP contribution in [0.3, 0.4) is 0 Å². The van der Waals surface area contributed by atoms with E-state index in [9.17, 15) is 9.59 Å². The first-order valence-electron chi connectivity index (χ1n) is 7.68. The van der Waals surface area contributed by atoms with E-state index in [1.165, 1.54) is 32.1 Å². The molecule has 0 bridgehead atoms. The molecule has 108 valence electrons. The molecular formula is C15H25NO3. The number of hydrogen-bond donors (Lipinski definition) is 1. The Bertz CT molecular complexity index is 319. The Morgan fingerprint density at radius 3 is 2.26 bits per heavy atom. The van der Waals surface area contributed by atoms with Gasteiger partial charge in [-0.25, -0.2) is 0 Å². The Morgan fingerprint density at radius 2 is 1.68 bits per heavy atom. The van der Waals surface area contributed by atoms with Crippen LogP contribution in [0.15, 0.2) is 0 Å². The van der Waals surface area contributed by atoms with Crippen molar-refractivity contribution in [3.8, 4) is 0 Å². The fourth-order valence-corrected chi connectivity index (χ4v) is 3.02. The van der Waals surface area contributed by atoms with Crippen LogP contribution in [0, 0.1) is 5.92 Å². The van der Waals surface area contributed by atoms with E-state index in [-0.39, 0.29) is 12.3 Å². The quantitative estimate of drug-likeness (QED) is 0.771. The van der Waals surface area contributed by atoms with Gasteiger partial charge in [0.2, 0.25) is 5.91 Å². The van der Waals surface area contributed by atoms with Crippen molar-refractivity contribution >= 4 is 11.9 Å². The Balaban J connectivity index is 1.77. The standard InChI is InChI=1S/C15H25NO3/c17-14(7-4-8-15(18)19)16(13-9-10-13)11-12-5-2-1-3-6-12/h12-13H,1-11H2,(H,18,19). The molecule has 4 heteroatoms. The van der Waals surface area contributed by atoms with Crippen LogP contribution in [0.25, 0.3) is 0 Å². The van der Waals surface area contributed by atoms with Crippen molar-refractivity contribution in [3.05, 3.63) is 0 Å². The summed E-state index contributed by atoms with van der Waals surface area (Å²) in [5, 5.41) is 8.62. The molecule has 19 heavy (non-hydrogen) atoms. The molecule has 2 aliphatic rings. The zero-order valence-corrected chi connectivity index (χ0v) is 11.6. The first-order valence-corrected chi connectivity index (χ1v) is 7.68. The molecule has 2 fully saturated rings. The highest BCUT2D eigenvalue weighted by Gasteiger charge is 2.33. The van der Waals surface area contributed by atoms with Crippen LogP contribution in [0.2, 0.25) is 0 Å². The normalized spacial score (nSPS) is 20.2. The number of amides is 1. The molecule has 2 saturated carbocycles. The van der Waals surface area contributed by atoms with Gasteiger partial charge in [-0.1, -0.05) is 19.3 Å². The maximum absolute atomic E-state index is 12.2. The van der Waals surface area contributed by atoms with Gasteiger partial charge in [-0.05, 0) is 38.0 Å². The SMILES string of the molecule is O=C(O)CCCC(=O)N(CC1CCCCC1)C1CC1. The van der Waals surface area contributed by atoms with Gasteiger partial charge >= 0.3 is 5.97 Å². The summed E-state index contributed by atoms with van der Waals surface area (Å²) >= 11 is 0. The molecule has 0 aromatic carbocycles. The number of carbonyl (C=O) groups excluding carboxylic acids is 1. The highest BCUT2D eigenvalue weighted by atomic mass is 16.4. The summed E-state index contributed by atoms with van der Waals surface area (Å²) in [6, 6.07) is 0.458. The maximum atomic E-state index is 12.2. The molecule has 1 N–H and O–H groups in total. The highest BCUT2D eigenvalue weighted by Crippen LogP contribution is 2.31. The Labute approximate surface area is 115 Å². The molecule has 0 aromatic heterocycles. The zero-order chi connectivity index (χ0) is 13.7. The predicted octanol–water partition coefficient (Wildman–Crippen LogP) is 2.81. The molecule has 0 aliphatic heterocycles. The zero-order valence-electron chi connectivity index (χ0n) is 11.6. The van der Waals surface area contributed by atoms with Crippen LogP contribution in [-0.4, -0.2) is 34.5 Å². The van der Waals surface area contributed by atoms with Crippen LogP contribution >= 0.6 is 0 Å². The monoisotopic (exact) mass is 267 g/mol. The summed E-state index contributed by atoms with van der Waals surface area (Å²) in [5.41, 5.74) is 0. The Kier molecular flexibility index (Phi) is 5.23. The third kappa shape index (κ3) is 4.84. The smallest absolute Gasteiger partial charge is 0.303 e. The van der Waals surface area contributed by atoms with Crippen molar-refractivity contribution in [2.24, 2.45) is 5.92 Å². The van der Waals surface area contributed by atoms with E-state index in [0.717, 1.165) is 19.4 Å². The molecule has 0 radical (unpaired) electrons. The molecule has 1 amide bonds. The minimum Gasteiger partial charge on any atom is -0.481 e. The molecule has 2 aliphatic carbocycles. The number of nitrogens with zero attached hydrogens (tertiary/aromatic N) is 1. The predicted molar refractivity (Wildman–Crippen MR) is 72.8 cm³/mol. The lowest BCUT2D eigenvalue weighted by molar-refractivity contribution is -0.137. The van der Waals surface area contributed by atoms with Gasteiger partial charge in [0, 0.05) is 25.4 Å². The third-order valence-electron chi connectivity index (χ3n) is 4.27. The molecule has 4 nitrogen and oxygen atoms in total. The van der Waals surface area contributed by atoms with Gasteiger partial charge in [-0.3, -0.25) is 9.59 Å². The second-order valence-corrected chi connectivity index (χ2v) is 6.03. The Hall–Kier alpha value is -1.06. The maximum Gasteiger partial charge on any atom is 0.303 e. The van der Waals surface area contributed by atoms with E-state index < -0.39 is 5.97 Å². The van der Waals surface area contributed by atoms with E-state index in [2.05, 4.69) is 4.90 Å². The molecular weight excluding hydrogens is 242 g/mol. The van der Waals surface area contributed by atoms with Crippen LogP contribution < -0.4 is 0 Å². The molecule has 0 atom stereocenters. The molecule has 0 heterocycles. The molecule has 2 rings (SSSR count). The second kappa shape index (κ2) is 6.92. The van der Waals surface area contributed by atoms with E-state index in [1.807, 2.05) is 0 Å². The Morgan fingerprint density at radius 1 is 1.00 bits per heavy atom. The summed E-state index contributed by atoms with van der Waals surface area (Å²) in [6.45, 7) is 0.913. The first-order chi connectivity index (χ1) is 9.16. The van der Waals surface area contributed by atoms with Gasteiger partial charge in [0.15, 0.2) is 0 Å². The van der Waals surface area contributed by atoms with Crippen molar-refractivity contribution in [1.82, 2.24) is 4.90 Å². The molecule has 0 saturated heterocycles. The van der Waals surface area contributed by atoms with Gasteiger partial charge < -0.3 is 10.0 Å². The summed E-state index contributed by atoms with van der Waals surface area (Å²) in [4.78, 5) is 24.8. The molecule has 0 unspecified atom stereocenters. The van der Waals surface area contributed by atoms with E-state index in [1.54, 1.807) is 0 Å². The van der Waals surface area contributed by atoms with Gasteiger partial charge in [0.05, 0.1) is 0 Å². The van der Waals surface area contributed by atoms with Crippen LogP contribution in [0.5, 0.6) is 0 Å². The summed E-state index contributed by atoms with van der Waals surface area (Å²) in [6.07, 6.45) is 9.70. The van der Waals surface area contributed by atoms with Crippen molar-refractivity contribution in [2.45, 2.75) is 70.3 Å². The summed E-state index contributed by atoms with van der Waals surface area (Å²) < 4.78 is 0. The molecule has 0 aromatic rings. The van der Waals surface area contributed by atoms with Crippen LogP contribution in [0.1, 0.15) is 64.2 Å². The summed E-state index contributed by atoms with van der Waals surface area (Å²) in [5.74, 6) is 0.0464. The van der Waals surface area contributed by atoms with Crippen LogP contribution in [-0.2, 0) is 9.59 Å². The van der Waals surface area contributed by atoms with Crippen molar-refractivity contribution < 1.29 is 14.7 Å². The van der Waals surface area contributed by atoms with E-state index in [0.29, 0.717) is 24.8 Å². The number of rotatable bonds is 7. The molecule has 0 spiro atoms. The van der Waals surface area contributed by atoms with E-state index >= 15 is 0 Å². The number of carboxylic acid groups (broad SMARTS) is 1. The van der Waals surface area contributed by atoms with Crippen molar-refractivity contribution in [1.29, 1.82) is 0 Å². The van der Waals surface area contributed by atoms with Crippen molar-refractivity contribution in [3.63, 3.8) is 0 Å². The minimum atomic E-state index is -0.807. The van der Waals surface area contributed by atoms with Crippen LogP contribution in [0.4, 0.5) is 0 Å². The first kappa shape index (κ1) is 14.4. The number of hydrogen-bond acceptors (Lipinski definition) is 2. The van der Waals surface area contributed by atoms with Gasteiger partial charge in [-0.15, -0.1) is 0 Å². The van der Waals surface area contributed by atoms with Gasteiger partial charge in [0.1, 0.15) is 0 Å². The lowest BCUT2D eigenvalue weighted by Crippen LogP contribution is -2.37. The van der Waals surface area contributed by atoms with Crippen molar-refractivity contribution in [2.75, 3.05) is 6.54 Å². The minimum absolute atomic E-state index is 0.105. The van der Waals surface area contributed by atoms with Gasteiger partial charge in [-0.2, -0.15) is 0 Å². The average Bonchev–Trinajstić information content (AvgIpc) is 3.21. The lowest BCUT2D eigenvalue weighted by Gasteiger charge is -2.30. The van der Waals surface area contributed by atoms with Gasteiger partial charge in [0.25, 0.3) is 0 Å². The topological polar surface area (TPSA) is 57.6 Å². The third-order valence-corrected chi connectivity index (χ3v) is 4.27. The number of aliphatic carboxylic acids is 1. The fourth-order valence-electron chi connectivity index (χ4n) is 3.02. The second-order valence-electron chi connectivity index (χ2n) is 6.03. The summed E-state index contributed by atoms with van der Waals surface area (Å²) in [7, 11) is 0. The highest BCUT2D eigenvalue weighted by molar-refractivity contribution is 5.77. The largest absolute Gasteiger partial charge is 0.481 e. The lowest BCUT2D eigenvalue weighted by atomic mass is 9.89. The van der Waals surface area contributed by atoms with E-state index in [4.69, 9.17) is 5.11 Å². The number of carbonyl (C=O) groups is 2. The number of carboxylic acids is 1. The average molecular weight is 267 g/mol.